The van der Waals surface area contributed by atoms with E-state index >= 15 is 0 Å². The molecule has 10 heteroatoms. The summed E-state index contributed by atoms with van der Waals surface area (Å²) in [6, 6.07) is 6.23. The maximum atomic E-state index is 14.0. The molecule has 5 nitrogen and oxygen atoms in total. The molecule has 0 aliphatic rings. The summed E-state index contributed by atoms with van der Waals surface area (Å²) in [4.78, 5) is 15.9. The summed E-state index contributed by atoms with van der Waals surface area (Å²) in [5.74, 6) is -0.586. The van der Waals surface area contributed by atoms with Gasteiger partial charge in [0.05, 0.1) is 21.1 Å². The van der Waals surface area contributed by atoms with E-state index in [2.05, 4.69) is 26.0 Å². The maximum absolute atomic E-state index is 14.0. The smallest absolute Gasteiger partial charge is 0.296 e. The van der Waals surface area contributed by atoms with Crippen LogP contribution in [0.3, 0.4) is 0 Å². The van der Waals surface area contributed by atoms with Gasteiger partial charge in [0.15, 0.2) is 0 Å². The van der Waals surface area contributed by atoms with Gasteiger partial charge in [-0.2, -0.15) is 18.3 Å². The van der Waals surface area contributed by atoms with E-state index in [-0.39, 0.29) is 32.2 Å². The monoisotopic (exact) mass is 440 g/mol. The van der Waals surface area contributed by atoms with Gasteiger partial charge in [-0.25, -0.2) is 8.91 Å². The normalized spacial score (nSPS) is 12.2. The molecule has 4 rings (SSSR count). The largest absolute Gasteiger partial charge is 0.433 e. The minimum absolute atomic E-state index is 0.128. The lowest BCUT2D eigenvalue weighted by atomic mass is 10.1. The highest BCUT2D eigenvalue weighted by molar-refractivity contribution is 9.10. The molecule has 0 bridgehead atoms. The second-order valence-corrected chi connectivity index (χ2v) is 6.73. The van der Waals surface area contributed by atoms with Crippen LogP contribution in [0.5, 0.6) is 0 Å². The van der Waals surface area contributed by atoms with Crippen molar-refractivity contribution in [3.63, 3.8) is 0 Å². The maximum Gasteiger partial charge on any atom is 0.433 e. The number of fused-ring (bicyclic) bond motifs is 3. The average molecular weight is 441 g/mol. The molecule has 0 aliphatic heterocycles. The molecule has 0 fully saturated rings. The van der Waals surface area contributed by atoms with Crippen LogP contribution >= 0.6 is 15.9 Å². The number of aromatic nitrogens is 4. The van der Waals surface area contributed by atoms with Crippen molar-refractivity contribution >= 4 is 32.5 Å². The summed E-state index contributed by atoms with van der Waals surface area (Å²) in [6.07, 6.45) is -3.56. The zero-order chi connectivity index (χ0) is 19.5. The fraction of sp³-hybridized carbons (Fsp3) is 0.118. The summed E-state index contributed by atoms with van der Waals surface area (Å²) < 4.78 is 55.5. The highest BCUT2D eigenvalue weighted by Gasteiger charge is 2.32. The predicted molar refractivity (Wildman–Crippen MR) is 93.8 cm³/mol. The summed E-state index contributed by atoms with van der Waals surface area (Å²) >= 11 is 3.04. The van der Waals surface area contributed by atoms with Gasteiger partial charge in [0.1, 0.15) is 17.2 Å². The molecule has 0 spiro atoms. The van der Waals surface area contributed by atoms with Crippen molar-refractivity contribution in [2.75, 3.05) is 0 Å². The van der Waals surface area contributed by atoms with E-state index in [1.807, 2.05) is 0 Å². The van der Waals surface area contributed by atoms with Crippen molar-refractivity contribution in [1.29, 1.82) is 0 Å². The molecule has 0 aliphatic carbocycles. The van der Waals surface area contributed by atoms with Crippen LogP contribution in [0.1, 0.15) is 5.69 Å². The van der Waals surface area contributed by atoms with Gasteiger partial charge in [-0.05, 0) is 34.1 Å². The van der Waals surface area contributed by atoms with Gasteiger partial charge in [-0.1, -0.05) is 0 Å². The average Bonchev–Trinajstić information content (AvgIpc) is 3.06. The number of alkyl halides is 3. The van der Waals surface area contributed by atoms with Crippen LogP contribution in [-0.2, 0) is 13.2 Å². The topological polar surface area (TPSA) is 52.2 Å². The van der Waals surface area contributed by atoms with Crippen LogP contribution < -0.4 is 5.56 Å². The number of nitrogens with zero attached hydrogens (tertiary/aromatic N) is 4. The Morgan fingerprint density at radius 3 is 2.59 bits per heavy atom. The van der Waals surface area contributed by atoms with E-state index in [4.69, 9.17) is 0 Å². The van der Waals surface area contributed by atoms with Gasteiger partial charge in [-0.3, -0.25) is 14.3 Å². The number of aryl methyl sites for hydroxylation is 1. The quantitative estimate of drug-likeness (QED) is 0.417. The van der Waals surface area contributed by atoms with Crippen LogP contribution in [0.25, 0.3) is 27.8 Å². The Balaban J connectivity index is 2.03. The molecule has 0 atom stereocenters. The molecule has 0 saturated heterocycles. The van der Waals surface area contributed by atoms with Gasteiger partial charge < -0.3 is 0 Å². The van der Waals surface area contributed by atoms with E-state index < -0.39 is 17.7 Å². The van der Waals surface area contributed by atoms with E-state index in [0.29, 0.717) is 5.65 Å². The molecule has 3 heterocycles. The lowest BCUT2D eigenvalue weighted by Crippen LogP contribution is -2.19. The third-order valence-corrected chi connectivity index (χ3v) is 4.79. The summed E-state index contributed by atoms with van der Waals surface area (Å²) in [6.45, 7) is 0. The Hall–Kier alpha value is -2.75. The predicted octanol–water partition coefficient (Wildman–Crippen LogP) is 4.17. The van der Waals surface area contributed by atoms with E-state index in [1.54, 1.807) is 0 Å². The first-order valence-electron chi connectivity index (χ1n) is 7.58. The van der Waals surface area contributed by atoms with Crippen LogP contribution in [0.15, 0.2) is 45.8 Å². The molecular formula is C17H9BrF4N4O. The van der Waals surface area contributed by atoms with Crippen molar-refractivity contribution in [1.82, 2.24) is 19.2 Å². The zero-order valence-corrected chi connectivity index (χ0v) is 15.1. The van der Waals surface area contributed by atoms with Crippen molar-refractivity contribution in [3.05, 3.63) is 62.9 Å². The molecule has 0 amide bonds. The van der Waals surface area contributed by atoms with Gasteiger partial charge in [-0.15, -0.1) is 0 Å². The van der Waals surface area contributed by atoms with Crippen LogP contribution in [-0.4, -0.2) is 19.2 Å². The molecule has 27 heavy (non-hydrogen) atoms. The Morgan fingerprint density at radius 2 is 1.89 bits per heavy atom. The Kier molecular flexibility index (Phi) is 3.84. The lowest BCUT2D eigenvalue weighted by Gasteiger charge is -2.07. The van der Waals surface area contributed by atoms with Crippen molar-refractivity contribution < 1.29 is 17.6 Å². The molecule has 0 radical (unpaired) electrons. The molecular weight excluding hydrogens is 432 g/mol. The standard InChI is InChI=1S/C17H9BrF4N4O/c1-25-15-7-12(8-2-3-23-14(4-8)17(20,21)22)24-26(15)13-6-11(19)10(18)5-9(13)16(25)27/h2-7H,1H3. The third-order valence-electron chi connectivity index (χ3n) is 4.18. The SMILES string of the molecule is Cn1c(=O)c2cc(Br)c(F)cc2n2nc(-c3ccnc(C(F)(F)F)c3)cc12. The van der Waals surface area contributed by atoms with Crippen molar-refractivity contribution in [2.24, 2.45) is 7.05 Å². The molecule has 0 saturated carbocycles. The highest BCUT2D eigenvalue weighted by Crippen LogP contribution is 2.31. The Bertz CT molecular complexity index is 1280. The van der Waals surface area contributed by atoms with Gasteiger partial charge in [0, 0.05) is 30.9 Å². The number of benzene rings is 1. The van der Waals surface area contributed by atoms with E-state index in [9.17, 15) is 22.4 Å². The Morgan fingerprint density at radius 1 is 1.15 bits per heavy atom. The second kappa shape index (κ2) is 5.88. The third kappa shape index (κ3) is 2.80. The number of hydrogen-bond acceptors (Lipinski definition) is 3. The van der Waals surface area contributed by atoms with Crippen molar-refractivity contribution in [2.45, 2.75) is 6.18 Å². The van der Waals surface area contributed by atoms with Gasteiger partial charge in [0.25, 0.3) is 5.56 Å². The van der Waals surface area contributed by atoms with Crippen LogP contribution in [0, 0.1) is 5.82 Å². The molecule has 1 aromatic carbocycles. The van der Waals surface area contributed by atoms with Gasteiger partial charge in [0.2, 0.25) is 0 Å². The van der Waals surface area contributed by atoms with Gasteiger partial charge >= 0.3 is 6.18 Å². The number of halogens is 5. The first-order chi connectivity index (χ1) is 12.7. The highest BCUT2D eigenvalue weighted by atomic mass is 79.9. The number of hydrogen-bond donors (Lipinski definition) is 0. The minimum atomic E-state index is -4.59. The fourth-order valence-electron chi connectivity index (χ4n) is 2.84. The molecule has 0 N–H and O–H groups in total. The zero-order valence-electron chi connectivity index (χ0n) is 13.6. The first-order valence-corrected chi connectivity index (χ1v) is 8.37. The molecule has 3 aromatic heterocycles. The van der Waals surface area contributed by atoms with Crippen LogP contribution in [0.2, 0.25) is 0 Å². The first kappa shape index (κ1) is 17.7. The summed E-state index contributed by atoms with van der Waals surface area (Å²) in [5.41, 5.74) is -0.520. The number of rotatable bonds is 1. The number of pyridine rings is 1. The molecule has 0 unspecified atom stereocenters. The summed E-state index contributed by atoms with van der Waals surface area (Å²) in [7, 11) is 1.51. The second-order valence-electron chi connectivity index (χ2n) is 5.87. The molecule has 138 valence electrons. The summed E-state index contributed by atoms with van der Waals surface area (Å²) in [5, 5.41) is 4.51. The lowest BCUT2D eigenvalue weighted by molar-refractivity contribution is -0.141. The Labute approximate surface area is 157 Å². The minimum Gasteiger partial charge on any atom is -0.296 e. The van der Waals surface area contributed by atoms with Crippen LogP contribution in [0.4, 0.5) is 17.6 Å². The van der Waals surface area contributed by atoms with Crippen molar-refractivity contribution in [3.8, 4) is 11.3 Å². The van der Waals surface area contributed by atoms with E-state index in [0.717, 1.165) is 18.3 Å². The molecule has 4 aromatic rings. The fourth-order valence-corrected chi connectivity index (χ4v) is 3.18. The van der Waals surface area contributed by atoms with E-state index in [1.165, 1.54) is 34.3 Å².